The molecule has 1 amide bonds. The lowest BCUT2D eigenvalue weighted by molar-refractivity contribution is -0.139. The molecular formula is C16H21F3N2O. The standard InChI is InChI=1S/C16H21F3N2O/c1-11(9-15(22)21-8-4-5-12(20)10-21)13-6-2-3-7-14(13)16(17,18)19/h2-3,6-7,11-12H,4-5,8-10,20H2,1H3/t11-,12+/m1/s1. The molecule has 122 valence electrons. The zero-order valence-corrected chi connectivity index (χ0v) is 12.6. The highest BCUT2D eigenvalue weighted by Gasteiger charge is 2.34. The number of nitrogens with two attached hydrogens (primary N) is 1. The maximum Gasteiger partial charge on any atom is 0.416 e. The van der Waals surface area contributed by atoms with Crippen molar-refractivity contribution in [2.45, 2.75) is 44.3 Å². The minimum Gasteiger partial charge on any atom is -0.341 e. The zero-order valence-electron chi connectivity index (χ0n) is 12.6. The minimum absolute atomic E-state index is 0.0320. The second kappa shape index (κ2) is 6.69. The fourth-order valence-corrected chi connectivity index (χ4v) is 2.92. The number of alkyl halides is 3. The third-order valence-electron chi connectivity index (χ3n) is 4.09. The molecule has 2 atom stereocenters. The quantitative estimate of drug-likeness (QED) is 0.931. The van der Waals surface area contributed by atoms with Gasteiger partial charge >= 0.3 is 6.18 Å². The number of amides is 1. The monoisotopic (exact) mass is 314 g/mol. The smallest absolute Gasteiger partial charge is 0.341 e. The number of piperidine rings is 1. The number of halogens is 3. The zero-order chi connectivity index (χ0) is 16.3. The van der Waals surface area contributed by atoms with Crippen LogP contribution in [0.25, 0.3) is 0 Å². The van der Waals surface area contributed by atoms with Gasteiger partial charge in [0.15, 0.2) is 0 Å². The lowest BCUT2D eigenvalue weighted by Crippen LogP contribution is -2.45. The van der Waals surface area contributed by atoms with Gasteiger partial charge in [-0.3, -0.25) is 4.79 Å². The molecule has 0 bridgehead atoms. The van der Waals surface area contributed by atoms with Gasteiger partial charge in [0.2, 0.25) is 5.91 Å². The van der Waals surface area contributed by atoms with Crippen molar-refractivity contribution >= 4 is 5.91 Å². The van der Waals surface area contributed by atoms with Crippen LogP contribution in [0.3, 0.4) is 0 Å². The lowest BCUT2D eigenvalue weighted by atomic mass is 9.92. The van der Waals surface area contributed by atoms with Crippen LogP contribution >= 0.6 is 0 Å². The van der Waals surface area contributed by atoms with E-state index in [2.05, 4.69) is 0 Å². The van der Waals surface area contributed by atoms with Gasteiger partial charge in [-0.25, -0.2) is 0 Å². The van der Waals surface area contributed by atoms with Crippen LogP contribution in [-0.2, 0) is 11.0 Å². The van der Waals surface area contributed by atoms with Crippen molar-refractivity contribution in [3.8, 4) is 0 Å². The van der Waals surface area contributed by atoms with E-state index in [1.807, 2.05) is 0 Å². The fourth-order valence-electron chi connectivity index (χ4n) is 2.92. The average Bonchev–Trinajstić information content (AvgIpc) is 2.46. The Morgan fingerprint density at radius 2 is 2.09 bits per heavy atom. The Morgan fingerprint density at radius 3 is 2.73 bits per heavy atom. The van der Waals surface area contributed by atoms with Crippen LogP contribution in [0.1, 0.15) is 43.2 Å². The van der Waals surface area contributed by atoms with E-state index in [1.54, 1.807) is 17.9 Å². The van der Waals surface area contributed by atoms with Crippen LogP contribution in [0.4, 0.5) is 13.2 Å². The highest BCUT2D eigenvalue weighted by atomic mass is 19.4. The molecule has 2 rings (SSSR count). The third kappa shape index (κ3) is 4.00. The molecule has 1 aromatic rings. The summed E-state index contributed by atoms with van der Waals surface area (Å²) in [6.07, 6.45) is -2.60. The van der Waals surface area contributed by atoms with Gasteiger partial charge in [0.05, 0.1) is 5.56 Å². The number of carbonyl (C=O) groups is 1. The summed E-state index contributed by atoms with van der Waals surface area (Å²) in [5, 5.41) is 0. The highest BCUT2D eigenvalue weighted by molar-refractivity contribution is 5.77. The number of likely N-dealkylation sites (tertiary alicyclic amines) is 1. The fraction of sp³-hybridized carbons (Fsp3) is 0.562. The summed E-state index contributed by atoms with van der Waals surface area (Å²) in [6.45, 7) is 2.79. The van der Waals surface area contributed by atoms with E-state index in [9.17, 15) is 18.0 Å². The number of rotatable bonds is 3. The second-order valence-corrected chi connectivity index (χ2v) is 5.93. The molecule has 2 N–H and O–H groups in total. The number of carbonyl (C=O) groups excluding carboxylic acids is 1. The number of hydrogen-bond donors (Lipinski definition) is 1. The van der Waals surface area contributed by atoms with Crippen LogP contribution in [0.15, 0.2) is 24.3 Å². The largest absolute Gasteiger partial charge is 0.416 e. The van der Waals surface area contributed by atoms with Crippen molar-refractivity contribution in [2.24, 2.45) is 5.73 Å². The first-order chi connectivity index (χ1) is 10.3. The molecule has 1 aliphatic rings. The molecule has 3 nitrogen and oxygen atoms in total. The molecule has 6 heteroatoms. The maximum absolute atomic E-state index is 13.0. The summed E-state index contributed by atoms with van der Waals surface area (Å²) >= 11 is 0. The molecule has 0 aliphatic carbocycles. The van der Waals surface area contributed by atoms with Crippen LogP contribution in [-0.4, -0.2) is 29.9 Å². The summed E-state index contributed by atoms with van der Waals surface area (Å²) in [7, 11) is 0. The predicted molar refractivity (Wildman–Crippen MR) is 78.3 cm³/mol. The molecule has 0 saturated carbocycles. The highest BCUT2D eigenvalue weighted by Crippen LogP contribution is 2.36. The molecule has 0 aromatic heterocycles. The SMILES string of the molecule is C[C@H](CC(=O)N1CCC[C@H](N)C1)c1ccccc1C(F)(F)F. The van der Waals surface area contributed by atoms with Crippen molar-refractivity contribution < 1.29 is 18.0 Å². The maximum atomic E-state index is 13.0. The molecule has 1 aliphatic heterocycles. The van der Waals surface area contributed by atoms with Crippen LogP contribution in [0, 0.1) is 0 Å². The first kappa shape index (κ1) is 16.8. The summed E-state index contributed by atoms with van der Waals surface area (Å²) in [6, 6.07) is 5.42. The van der Waals surface area contributed by atoms with Gasteiger partial charge in [0, 0.05) is 25.6 Å². The Labute approximate surface area is 128 Å². The van der Waals surface area contributed by atoms with Crippen LogP contribution in [0.5, 0.6) is 0 Å². The van der Waals surface area contributed by atoms with E-state index in [-0.39, 0.29) is 23.9 Å². The van der Waals surface area contributed by atoms with Crippen molar-refractivity contribution in [3.05, 3.63) is 35.4 Å². The van der Waals surface area contributed by atoms with E-state index in [4.69, 9.17) is 5.73 Å². The van der Waals surface area contributed by atoms with Crippen LogP contribution in [0.2, 0.25) is 0 Å². The molecule has 1 heterocycles. The molecule has 1 aromatic carbocycles. The van der Waals surface area contributed by atoms with Crippen molar-refractivity contribution in [1.29, 1.82) is 0 Å². The first-order valence-corrected chi connectivity index (χ1v) is 7.48. The Bertz CT molecular complexity index is 530. The number of hydrogen-bond acceptors (Lipinski definition) is 2. The number of nitrogens with zero attached hydrogens (tertiary/aromatic N) is 1. The van der Waals surface area contributed by atoms with Crippen molar-refractivity contribution in [2.75, 3.05) is 13.1 Å². The Morgan fingerprint density at radius 1 is 1.41 bits per heavy atom. The van der Waals surface area contributed by atoms with Gasteiger partial charge in [-0.2, -0.15) is 13.2 Å². The van der Waals surface area contributed by atoms with Gasteiger partial charge in [0.25, 0.3) is 0 Å². The summed E-state index contributed by atoms with van der Waals surface area (Å²) in [4.78, 5) is 13.9. The Kier molecular flexibility index (Phi) is 5.11. The minimum atomic E-state index is -4.40. The first-order valence-electron chi connectivity index (χ1n) is 7.48. The third-order valence-corrected chi connectivity index (χ3v) is 4.09. The molecule has 1 saturated heterocycles. The molecule has 0 radical (unpaired) electrons. The van der Waals surface area contributed by atoms with Gasteiger partial charge in [-0.1, -0.05) is 25.1 Å². The average molecular weight is 314 g/mol. The van der Waals surface area contributed by atoms with Crippen molar-refractivity contribution in [1.82, 2.24) is 4.90 Å². The van der Waals surface area contributed by atoms with Crippen molar-refractivity contribution in [3.63, 3.8) is 0 Å². The normalized spacial score (nSPS) is 20.8. The van der Waals surface area contributed by atoms with Gasteiger partial charge in [0.1, 0.15) is 0 Å². The summed E-state index contributed by atoms with van der Waals surface area (Å²) in [5.41, 5.74) is 5.35. The Hall–Kier alpha value is -1.56. The second-order valence-electron chi connectivity index (χ2n) is 5.93. The lowest BCUT2D eigenvalue weighted by Gasteiger charge is -2.31. The van der Waals surface area contributed by atoms with E-state index in [0.29, 0.717) is 13.1 Å². The predicted octanol–water partition coefficient (Wildman–Crippen LogP) is 3.15. The summed E-state index contributed by atoms with van der Waals surface area (Å²) < 4.78 is 39.1. The van der Waals surface area contributed by atoms with Crippen LogP contribution < -0.4 is 5.73 Å². The van der Waals surface area contributed by atoms with E-state index in [1.165, 1.54) is 12.1 Å². The van der Waals surface area contributed by atoms with Gasteiger partial charge in [-0.15, -0.1) is 0 Å². The molecule has 1 fully saturated rings. The topological polar surface area (TPSA) is 46.3 Å². The van der Waals surface area contributed by atoms with E-state index < -0.39 is 17.7 Å². The van der Waals surface area contributed by atoms with E-state index in [0.717, 1.165) is 18.9 Å². The Balaban J connectivity index is 2.09. The molecule has 0 spiro atoms. The molecular weight excluding hydrogens is 293 g/mol. The van der Waals surface area contributed by atoms with Gasteiger partial charge < -0.3 is 10.6 Å². The molecule has 22 heavy (non-hydrogen) atoms. The summed E-state index contributed by atoms with van der Waals surface area (Å²) in [5.74, 6) is -0.608. The van der Waals surface area contributed by atoms with E-state index >= 15 is 0 Å². The number of benzene rings is 1. The van der Waals surface area contributed by atoms with Gasteiger partial charge in [-0.05, 0) is 30.4 Å². The molecule has 0 unspecified atom stereocenters.